The average Bonchev–Trinajstić information content (AvgIpc) is 3.22. The summed E-state index contributed by atoms with van der Waals surface area (Å²) in [7, 11) is 0. The molecule has 0 amide bonds. The molecule has 0 aromatic heterocycles. The zero-order valence-electron chi connectivity index (χ0n) is 22.5. The Morgan fingerprint density at radius 2 is 1.62 bits per heavy atom. The fourth-order valence-electron chi connectivity index (χ4n) is 6.90. The van der Waals surface area contributed by atoms with Gasteiger partial charge in [-0.15, -0.1) is 0 Å². The van der Waals surface area contributed by atoms with Gasteiger partial charge in [-0.25, -0.2) is 18.2 Å². The molecular formula is C32H40F3NO. The Hall–Kier alpha value is -2.30. The summed E-state index contributed by atoms with van der Waals surface area (Å²) < 4.78 is 51.1. The van der Waals surface area contributed by atoms with Crippen LogP contribution < -0.4 is 0 Å². The molecule has 1 heterocycles. The van der Waals surface area contributed by atoms with E-state index in [9.17, 15) is 4.39 Å². The van der Waals surface area contributed by atoms with Crippen LogP contribution in [0.4, 0.5) is 13.2 Å². The third-order valence-electron chi connectivity index (χ3n) is 8.93. The Kier molecular flexibility index (Phi) is 7.70. The van der Waals surface area contributed by atoms with Crippen molar-refractivity contribution in [3.8, 4) is 11.1 Å². The minimum absolute atomic E-state index is 0.176. The number of halogens is 3. The Morgan fingerprint density at radius 3 is 2.30 bits per heavy atom. The minimum Gasteiger partial charge on any atom is -0.475 e. The van der Waals surface area contributed by atoms with Gasteiger partial charge in [0.15, 0.2) is 0 Å². The van der Waals surface area contributed by atoms with Crippen molar-refractivity contribution in [3.63, 3.8) is 0 Å². The Balaban J connectivity index is 1.29. The second-order valence-corrected chi connectivity index (χ2v) is 12.3. The predicted molar refractivity (Wildman–Crippen MR) is 143 cm³/mol. The summed E-state index contributed by atoms with van der Waals surface area (Å²) in [6, 6.07) is 7.19. The van der Waals surface area contributed by atoms with Crippen LogP contribution in [0.25, 0.3) is 11.1 Å². The third-order valence-corrected chi connectivity index (χ3v) is 8.93. The number of hydrogen-bond acceptors (Lipinski definition) is 2. The molecule has 2 aromatic rings. The highest BCUT2D eigenvalue weighted by molar-refractivity contribution is 5.96. The topological polar surface area (TPSA) is 21.6 Å². The minimum atomic E-state index is -0.625. The molecule has 2 nitrogen and oxygen atoms in total. The van der Waals surface area contributed by atoms with Crippen LogP contribution >= 0.6 is 0 Å². The zero-order chi connectivity index (χ0) is 26.2. The molecule has 3 aliphatic rings. The largest absolute Gasteiger partial charge is 0.475 e. The number of rotatable bonds is 7. The normalized spacial score (nSPS) is 26.9. The number of benzene rings is 2. The maximum atomic E-state index is 15.3. The van der Waals surface area contributed by atoms with Crippen LogP contribution in [0.3, 0.4) is 0 Å². The SMILES string of the molecule is CCCCCC1CCC2CC(c3cc(F)c(-c4ccc(C5=NC(C)(C)CO5)c(F)c4)c(F)c3)CCC2C1. The first kappa shape index (κ1) is 26.3. The molecule has 0 saturated heterocycles. The molecule has 2 aliphatic carbocycles. The van der Waals surface area contributed by atoms with Crippen molar-refractivity contribution in [1.82, 2.24) is 0 Å². The van der Waals surface area contributed by atoms with Gasteiger partial charge in [-0.3, -0.25) is 0 Å². The van der Waals surface area contributed by atoms with E-state index in [1.54, 1.807) is 6.07 Å². The van der Waals surface area contributed by atoms with Crippen LogP contribution in [0.2, 0.25) is 0 Å². The first-order chi connectivity index (χ1) is 17.7. The van der Waals surface area contributed by atoms with Crippen LogP contribution in [0, 0.1) is 35.2 Å². The Labute approximate surface area is 219 Å². The summed E-state index contributed by atoms with van der Waals surface area (Å²) in [5, 5.41) is 0. The van der Waals surface area contributed by atoms with Crippen molar-refractivity contribution >= 4 is 5.90 Å². The molecule has 5 heteroatoms. The second kappa shape index (κ2) is 10.8. The monoisotopic (exact) mass is 511 g/mol. The van der Waals surface area contributed by atoms with Crippen molar-refractivity contribution in [3.05, 3.63) is 58.9 Å². The van der Waals surface area contributed by atoms with Gasteiger partial charge in [0.25, 0.3) is 0 Å². The van der Waals surface area contributed by atoms with Crippen LogP contribution in [-0.4, -0.2) is 18.0 Å². The highest BCUT2D eigenvalue weighted by Crippen LogP contribution is 2.49. The highest BCUT2D eigenvalue weighted by atomic mass is 19.1. The van der Waals surface area contributed by atoms with Gasteiger partial charge in [0, 0.05) is 0 Å². The molecule has 1 aliphatic heterocycles. The smallest absolute Gasteiger partial charge is 0.219 e. The molecule has 37 heavy (non-hydrogen) atoms. The lowest BCUT2D eigenvalue weighted by atomic mass is 9.63. The standard InChI is InChI=1S/C32H40F3NO/c1-4-5-6-7-20-8-9-22-15-23(11-10-21(22)14-20)25-17-28(34)30(29(35)18-25)24-12-13-26(27(33)16-24)31-36-32(2,3)19-37-31/h12-13,16-18,20-23H,4-11,14-15,19H2,1-3H3. The van der Waals surface area contributed by atoms with Gasteiger partial charge in [0.2, 0.25) is 5.90 Å². The van der Waals surface area contributed by atoms with Crippen molar-refractivity contribution in [2.45, 2.75) is 96.4 Å². The number of unbranched alkanes of at least 4 members (excludes halogenated alkanes) is 2. The molecule has 4 unspecified atom stereocenters. The lowest BCUT2D eigenvalue weighted by molar-refractivity contribution is 0.113. The van der Waals surface area contributed by atoms with Crippen molar-refractivity contribution in [2.24, 2.45) is 22.7 Å². The molecule has 2 saturated carbocycles. The lowest BCUT2D eigenvalue weighted by Crippen LogP contribution is -2.30. The molecule has 0 bridgehead atoms. The molecule has 0 N–H and O–H groups in total. The summed E-state index contributed by atoms with van der Waals surface area (Å²) in [6.07, 6.45) is 12.4. The first-order valence-corrected chi connectivity index (χ1v) is 14.3. The maximum Gasteiger partial charge on any atom is 0.219 e. The number of hydrogen-bond donors (Lipinski definition) is 0. The van der Waals surface area contributed by atoms with Crippen LogP contribution in [0.1, 0.15) is 102 Å². The quantitative estimate of drug-likeness (QED) is 0.340. The molecular weight excluding hydrogens is 471 g/mol. The van der Waals surface area contributed by atoms with Crippen molar-refractivity contribution in [1.29, 1.82) is 0 Å². The summed E-state index contributed by atoms with van der Waals surface area (Å²) in [5.74, 6) is 0.876. The average molecular weight is 512 g/mol. The van der Waals surface area contributed by atoms with Crippen molar-refractivity contribution < 1.29 is 17.9 Å². The summed E-state index contributed by atoms with van der Waals surface area (Å²) >= 11 is 0. The fraction of sp³-hybridized carbons (Fsp3) is 0.594. The first-order valence-electron chi connectivity index (χ1n) is 14.3. The Bertz CT molecular complexity index is 1130. The van der Waals surface area contributed by atoms with Gasteiger partial charge < -0.3 is 4.74 Å². The number of nitrogens with zero attached hydrogens (tertiary/aromatic N) is 1. The number of fused-ring (bicyclic) bond motifs is 1. The van der Waals surface area contributed by atoms with Crippen LogP contribution in [0.15, 0.2) is 35.3 Å². The van der Waals surface area contributed by atoms with Crippen LogP contribution in [-0.2, 0) is 4.74 Å². The lowest BCUT2D eigenvalue weighted by Gasteiger charge is -2.42. The molecule has 200 valence electrons. The molecule has 2 fully saturated rings. The second-order valence-electron chi connectivity index (χ2n) is 12.3. The van der Waals surface area contributed by atoms with Crippen molar-refractivity contribution in [2.75, 3.05) is 6.61 Å². The van der Waals surface area contributed by atoms with Gasteiger partial charge >= 0.3 is 0 Å². The van der Waals surface area contributed by atoms with E-state index in [4.69, 9.17) is 4.74 Å². The number of aliphatic imine (C=N–C) groups is 1. The molecule has 5 rings (SSSR count). The molecule has 2 aromatic carbocycles. The third kappa shape index (κ3) is 5.76. The summed E-state index contributed by atoms with van der Waals surface area (Å²) in [6.45, 7) is 6.44. The predicted octanol–water partition coefficient (Wildman–Crippen LogP) is 9.21. The van der Waals surface area contributed by atoms with E-state index in [2.05, 4.69) is 11.9 Å². The van der Waals surface area contributed by atoms with E-state index in [1.807, 2.05) is 13.8 Å². The van der Waals surface area contributed by atoms with Gasteiger partial charge in [0.1, 0.15) is 24.1 Å². The van der Waals surface area contributed by atoms with E-state index in [0.717, 1.165) is 36.7 Å². The van der Waals surface area contributed by atoms with Gasteiger partial charge in [-0.2, -0.15) is 0 Å². The van der Waals surface area contributed by atoms with Gasteiger partial charge in [-0.05, 0) is 105 Å². The summed E-state index contributed by atoms with van der Waals surface area (Å²) in [5.41, 5.74) is 0.552. The highest BCUT2D eigenvalue weighted by Gasteiger charge is 2.36. The molecule has 0 radical (unpaired) electrons. The molecule has 0 spiro atoms. The van der Waals surface area contributed by atoms with Gasteiger partial charge in [0.05, 0.1) is 16.7 Å². The van der Waals surface area contributed by atoms with E-state index in [-0.39, 0.29) is 28.5 Å². The Morgan fingerprint density at radius 1 is 0.892 bits per heavy atom. The van der Waals surface area contributed by atoms with E-state index < -0.39 is 23.0 Å². The van der Waals surface area contributed by atoms with Crippen LogP contribution in [0.5, 0.6) is 0 Å². The summed E-state index contributed by atoms with van der Waals surface area (Å²) in [4.78, 5) is 4.41. The van der Waals surface area contributed by atoms with E-state index in [0.29, 0.717) is 12.5 Å². The van der Waals surface area contributed by atoms with E-state index in [1.165, 1.54) is 69.2 Å². The maximum absolute atomic E-state index is 15.3. The number of ether oxygens (including phenoxy) is 1. The fourth-order valence-corrected chi connectivity index (χ4v) is 6.90. The van der Waals surface area contributed by atoms with E-state index >= 15 is 8.78 Å². The zero-order valence-corrected chi connectivity index (χ0v) is 22.5. The van der Waals surface area contributed by atoms with Gasteiger partial charge in [-0.1, -0.05) is 45.1 Å². The molecule has 4 atom stereocenters.